The lowest BCUT2D eigenvalue weighted by molar-refractivity contribution is 0.478. The van der Waals surface area contributed by atoms with E-state index < -0.39 is 0 Å². The summed E-state index contributed by atoms with van der Waals surface area (Å²) in [5.74, 6) is 0. The highest BCUT2D eigenvalue weighted by Crippen LogP contribution is 1.74. The number of rotatable bonds is 1. The fourth-order valence-corrected chi connectivity index (χ4v) is 0.187. The summed E-state index contributed by atoms with van der Waals surface area (Å²) in [7, 11) is 0. The molecule has 0 spiro atoms. The van der Waals surface area contributed by atoms with Gasteiger partial charge < -0.3 is 10.5 Å². The molecule has 3 nitrogen and oxygen atoms in total. The molecule has 4 heteroatoms. The van der Waals surface area contributed by atoms with E-state index in [0.717, 1.165) is 12.3 Å². The molecule has 0 saturated carbocycles. The molecule has 0 atom stereocenters. The topological polar surface area (TPSA) is 59.0 Å². The minimum Gasteiger partial charge on any atom is -0.439 e. The summed E-state index contributed by atoms with van der Waals surface area (Å²) in [4.78, 5) is 0. The van der Waals surface area contributed by atoms with Gasteiger partial charge in [0.25, 0.3) is 5.17 Å². The molecule has 0 aliphatic rings. The van der Waals surface area contributed by atoms with Gasteiger partial charge in [0.2, 0.25) is 0 Å². The zero-order chi connectivity index (χ0) is 6.41. The molecule has 0 aromatic rings. The molecule has 0 aliphatic heterocycles. The van der Waals surface area contributed by atoms with Crippen molar-refractivity contribution in [3.8, 4) is 6.07 Å². The van der Waals surface area contributed by atoms with Crippen LogP contribution in [-0.2, 0) is 4.74 Å². The van der Waals surface area contributed by atoms with E-state index in [4.69, 9.17) is 11.0 Å². The molecule has 0 bridgehead atoms. The van der Waals surface area contributed by atoms with Gasteiger partial charge in [-0.25, -0.2) is 0 Å². The summed E-state index contributed by atoms with van der Waals surface area (Å²) in [5, 5.41) is 7.79. The molecule has 8 heavy (non-hydrogen) atoms. The summed E-state index contributed by atoms with van der Waals surface area (Å²) in [6, 6.07) is 1.70. The van der Waals surface area contributed by atoms with Crippen LogP contribution in [0.2, 0.25) is 0 Å². The van der Waals surface area contributed by atoms with Crippen molar-refractivity contribution in [1.29, 1.82) is 5.26 Å². The van der Waals surface area contributed by atoms with Crippen molar-refractivity contribution in [3.63, 3.8) is 0 Å². The number of ether oxygens (including phenoxy) is 1. The van der Waals surface area contributed by atoms with Gasteiger partial charge in [-0.05, 0) is 12.2 Å². The Morgan fingerprint density at radius 3 is 2.88 bits per heavy atom. The number of nitrogens with zero attached hydrogens (tertiary/aromatic N) is 1. The highest BCUT2D eigenvalue weighted by Gasteiger charge is 1.76. The van der Waals surface area contributed by atoms with E-state index in [-0.39, 0.29) is 5.17 Å². The van der Waals surface area contributed by atoms with E-state index in [9.17, 15) is 0 Å². The van der Waals surface area contributed by atoms with Gasteiger partial charge in [0, 0.05) is 0 Å². The van der Waals surface area contributed by atoms with Crippen molar-refractivity contribution in [2.24, 2.45) is 5.73 Å². The van der Waals surface area contributed by atoms with Crippen LogP contribution in [0, 0.1) is 11.3 Å². The molecule has 0 aliphatic carbocycles. The Hall–Kier alpha value is -1.08. The Balaban J connectivity index is 3.34. The first-order valence-corrected chi connectivity index (χ1v) is 2.19. The predicted molar refractivity (Wildman–Crippen MR) is 32.6 cm³/mol. The minimum absolute atomic E-state index is 0.0866. The molecule has 0 unspecified atom stereocenters. The highest BCUT2D eigenvalue weighted by atomic mass is 32.1. The lowest BCUT2D eigenvalue weighted by atomic mass is 10.7. The van der Waals surface area contributed by atoms with Crippen molar-refractivity contribution < 1.29 is 4.74 Å². The first-order valence-electron chi connectivity index (χ1n) is 1.78. The SMILES string of the molecule is N#CC=COC(N)=S. The van der Waals surface area contributed by atoms with E-state index in [1.54, 1.807) is 6.07 Å². The van der Waals surface area contributed by atoms with E-state index in [2.05, 4.69) is 17.0 Å². The second-order valence-electron chi connectivity index (χ2n) is 0.869. The van der Waals surface area contributed by atoms with Crippen LogP contribution < -0.4 is 5.73 Å². The fourth-order valence-electron chi connectivity index (χ4n) is 0.132. The van der Waals surface area contributed by atoms with Crippen LogP contribution in [0.25, 0.3) is 0 Å². The van der Waals surface area contributed by atoms with Gasteiger partial charge in [-0.2, -0.15) is 5.26 Å². The lowest BCUT2D eigenvalue weighted by Crippen LogP contribution is -2.08. The van der Waals surface area contributed by atoms with Gasteiger partial charge in [-0.3, -0.25) is 0 Å². The van der Waals surface area contributed by atoms with Crippen LogP contribution in [-0.4, -0.2) is 5.17 Å². The van der Waals surface area contributed by atoms with Crippen molar-refractivity contribution in [3.05, 3.63) is 12.3 Å². The third-order valence-corrected chi connectivity index (χ3v) is 0.423. The third kappa shape index (κ3) is 4.92. The Morgan fingerprint density at radius 1 is 1.88 bits per heavy atom. The number of nitrogens with two attached hydrogens (primary N) is 1. The second-order valence-corrected chi connectivity index (χ2v) is 1.27. The standard InChI is InChI=1S/C4H4N2OS/c5-2-1-3-7-4(6)8/h1,3H,(H2,6,8). The summed E-state index contributed by atoms with van der Waals surface area (Å²) < 4.78 is 4.39. The first-order chi connectivity index (χ1) is 3.77. The smallest absolute Gasteiger partial charge is 0.258 e. The summed E-state index contributed by atoms with van der Waals surface area (Å²) in [6.45, 7) is 0. The van der Waals surface area contributed by atoms with Gasteiger partial charge in [0.1, 0.15) is 6.26 Å². The number of nitriles is 1. The molecule has 0 fully saturated rings. The number of thiocarbonyl (C=S) groups is 1. The van der Waals surface area contributed by atoms with Crippen LogP contribution in [0.15, 0.2) is 12.3 Å². The molecule has 0 amide bonds. The Labute approximate surface area is 52.3 Å². The zero-order valence-corrected chi connectivity index (χ0v) is 4.81. The fraction of sp³-hybridized carbons (Fsp3) is 0. The van der Waals surface area contributed by atoms with E-state index in [0.29, 0.717) is 0 Å². The Morgan fingerprint density at radius 2 is 2.50 bits per heavy atom. The molecule has 0 heterocycles. The molecule has 0 aromatic carbocycles. The minimum atomic E-state index is -0.0866. The van der Waals surface area contributed by atoms with E-state index in [1.165, 1.54) is 0 Å². The zero-order valence-electron chi connectivity index (χ0n) is 4.00. The summed E-state index contributed by atoms with van der Waals surface area (Å²) in [5.41, 5.74) is 4.88. The normalized spacial score (nSPS) is 8.38. The molecule has 0 radical (unpaired) electrons. The van der Waals surface area contributed by atoms with Gasteiger partial charge in [0.05, 0.1) is 12.1 Å². The Bertz CT molecular complexity index is 147. The van der Waals surface area contributed by atoms with Gasteiger partial charge in [0.15, 0.2) is 0 Å². The average molecular weight is 128 g/mol. The maximum atomic E-state index is 7.88. The molecular formula is C4H4N2OS. The largest absolute Gasteiger partial charge is 0.439 e. The van der Waals surface area contributed by atoms with Gasteiger partial charge >= 0.3 is 0 Å². The van der Waals surface area contributed by atoms with Crippen LogP contribution >= 0.6 is 12.2 Å². The van der Waals surface area contributed by atoms with Crippen LogP contribution in [0.4, 0.5) is 0 Å². The van der Waals surface area contributed by atoms with Crippen molar-refractivity contribution in [2.45, 2.75) is 0 Å². The monoisotopic (exact) mass is 128 g/mol. The van der Waals surface area contributed by atoms with Crippen molar-refractivity contribution >= 4 is 17.4 Å². The first kappa shape index (κ1) is 6.92. The third-order valence-electron chi connectivity index (χ3n) is 0.327. The summed E-state index contributed by atoms with van der Waals surface area (Å²) in [6.07, 6.45) is 2.27. The molecule has 2 N–H and O–H groups in total. The Kier molecular flexibility index (Phi) is 3.54. The number of allylic oxidation sites excluding steroid dienone is 1. The quantitative estimate of drug-likeness (QED) is 0.313. The van der Waals surface area contributed by atoms with Crippen LogP contribution in [0.1, 0.15) is 0 Å². The molecule has 0 saturated heterocycles. The highest BCUT2D eigenvalue weighted by molar-refractivity contribution is 7.80. The van der Waals surface area contributed by atoms with E-state index >= 15 is 0 Å². The van der Waals surface area contributed by atoms with Gasteiger partial charge in [-0.15, -0.1) is 0 Å². The second kappa shape index (κ2) is 4.09. The molecule has 0 aromatic heterocycles. The molecular weight excluding hydrogens is 124 g/mol. The predicted octanol–water partition coefficient (Wildman–Crippen LogP) is 0.284. The average Bonchev–Trinajstić information content (AvgIpc) is 1.66. The molecule has 42 valence electrons. The van der Waals surface area contributed by atoms with Crippen LogP contribution in [0.3, 0.4) is 0 Å². The van der Waals surface area contributed by atoms with Gasteiger partial charge in [-0.1, -0.05) is 0 Å². The molecule has 0 rings (SSSR count). The van der Waals surface area contributed by atoms with Crippen LogP contribution in [0.5, 0.6) is 0 Å². The van der Waals surface area contributed by atoms with Crippen molar-refractivity contribution in [1.82, 2.24) is 0 Å². The number of hydrogen-bond acceptors (Lipinski definition) is 3. The van der Waals surface area contributed by atoms with E-state index in [1.807, 2.05) is 0 Å². The maximum absolute atomic E-state index is 7.88. The number of hydrogen-bond donors (Lipinski definition) is 1. The van der Waals surface area contributed by atoms with Crippen molar-refractivity contribution in [2.75, 3.05) is 0 Å². The maximum Gasteiger partial charge on any atom is 0.258 e. The summed E-state index contributed by atoms with van der Waals surface area (Å²) >= 11 is 4.30. The lowest BCUT2D eigenvalue weighted by Gasteiger charge is -1.88.